The summed E-state index contributed by atoms with van der Waals surface area (Å²) in [6, 6.07) is 5.16. The first kappa shape index (κ1) is 21.7. The number of hydrogen-bond acceptors (Lipinski definition) is 5. The highest BCUT2D eigenvalue weighted by molar-refractivity contribution is 7.89. The Morgan fingerprint density at radius 3 is 2.55 bits per heavy atom. The average molecular weight is 440 g/mol. The topological polar surface area (TPSA) is 97.2 Å². The van der Waals surface area contributed by atoms with E-state index in [-0.39, 0.29) is 28.4 Å². The third-order valence-electron chi connectivity index (χ3n) is 4.92. The number of hydrogen-bond donors (Lipinski definition) is 1. The van der Waals surface area contributed by atoms with E-state index < -0.39 is 10.0 Å². The molecule has 0 spiro atoms. The zero-order valence-corrected chi connectivity index (χ0v) is 18.4. The van der Waals surface area contributed by atoms with Crippen molar-refractivity contribution in [2.24, 2.45) is 0 Å². The Kier molecular flexibility index (Phi) is 6.60. The number of halogens is 1. The van der Waals surface area contributed by atoms with E-state index in [0.29, 0.717) is 38.2 Å². The molecule has 1 N–H and O–H groups in total. The molecule has 8 nitrogen and oxygen atoms in total. The van der Waals surface area contributed by atoms with Crippen molar-refractivity contribution in [1.82, 2.24) is 24.4 Å². The monoisotopic (exact) mass is 439 g/mol. The molecule has 1 fully saturated rings. The number of piperidine rings is 1. The first-order chi connectivity index (χ1) is 13.7. The van der Waals surface area contributed by atoms with Gasteiger partial charge in [-0.1, -0.05) is 18.5 Å². The van der Waals surface area contributed by atoms with E-state index in [1.807, 2.05) is 26.8 Å². The maximum atomic E-state index is 12.8. The fourth-order valence-corrected chi connectivity index (χ4v) is 5.22. The molecule has 1 aliphatic rings. The van der Waals surface area contributed by atoms with Gasteiger partial charge in [-0.15, -0.1) is 0 Å². The van der Waals surface area contributed by atoms with Gasteiger partial charge < -0.3 is 5.32 Å². The van der Waals surface area contributed by atoms with Crippen LogP contribution in [-0.2, 0) is 10.0 Å². The average Bonchev–Trinajstić information content (AvgIpc) is 3.00. The molecule has 3 heterocycles. The molecular formula is C19H26ClN5O3S. The van der Waals surface area contributed by atoms with E-state index in [1.54, 1.807) is 16.8 Å². The van der Waals surface area contributed by atoms with Gasteiger partial charge >= 0.3 is 0 Å². The van der Waals surface area contributed by atoms with Gasteiger partial charge in [0.15, 0.2) is 5.82 Å². The van der Waals surface area contributed by atoms with Crippen molar-refractivity contribution in [3.63, 3.8) is 0 Å². The van der Waals surface area contributed by atoms with Crippen molar-refractivity contribution in [2.45, 2.75) is 46.1 Å². The summed E-state index contributed by atoms with van der Waals surface area (Å²) in [6.45, 7) is 6.46. The molecule has 0 bridgehead atoms. The minimum absolute atomic E-state index is 0.120. The SMILES string of the molecule is CCCS(=O)(=O)N1CCC(NC(=O)c2nc(-n3nc(C)cc3C)ccc2Cl)CC1. The van der Waals surface area contributed by atoms with Crippen LogP contribution < -0.4 is 5.32 Å². The molecule has 0 atom stereocenters. The quantitative estimate of drug-likeness (QED) is 0.745. The zero-order chi connectivity index (χ0) is 21.2. The predicted octanol–water partition coefficient (Wildman–Crippen LogP) is 2.47. The summed E-state index contributed by atoms with van der Waals surface area (Å²) in [4.78, 5) is 17.2. The maximum Gasteiger partial charge on any atom is 0.271 e. The molecule has 2 aromatic heterocycles. The van der Waals surface area contributed by atoms with E-state index >= 15 is 0 Å². The van der Waals surface area contributed by atoms with Crippen molar-refractivity contribution >= 4 is 27.5 Å². The Morgan fingerprint density at radius 2 is 1.97 bits per heavy atom. The number of nitrogens with one attached hydrogen (secondary N) is 1. The van der Waals surface area contributed by atoms with Crippen LogP contribution in [0.25, 0.3) is 5.82 Å². The zero-order valence-electron chi connectivity index (χ0n) is 16.9. The number of carbonyl (C=O) groups is 1. The summed E-state index contributed by atoms with van der Waals surface area (Å²) in [5.41, 5.74) is 1.90. The van der Waals surface area contributed by atoms with Gasteiger partial charge in [-0.3, -0.25) is 4.79 Å². The second kappa shape index (κ2) is 8.81. The van der Waals surface area contributed by atoms with Crippen molar-refractivity contribution in [1.29, 1.82) is 0 Å². The number of nitrogens with zero attached hydrogens (tertiary/aromatic N) is 4. The summed E-state index contributed by atoms with van der Waals surface area (Å²) >= 11 is 6.22. The number of aromatic nitrogens is 3. The van der Waals surface area contributed by atoms with Crippen LogP contribution in [0.1, 0.15) is 48.1 Å². The molecular weight excluding hydrogens is 414 g/mol. The Hall–Kier alpha value is -1.97. The largest absolute Gasteiger partial charge is 0.348 e. The lowest BCUT2D eigenvalue weighted by molar-refractivity contribution is 0.0919. The highest BCUT2D eigenvalue weighted by atomic mass is 35.5. The molecule has 0 aliphatic carbocycles. The number of rotatable bonds is 6. The number of amides is 1. The Morgan fingerprint density at radius 1 is 1.28 bits per heavy atom. The van der Waals surface area contributed by atoms with Gasteiger partial charge in [-0.05, 0) is 51.3 Å². The Balaban J connectivity index is 1.69. The van der Waals surface area contributed by atoms with Crippen LogP contribution in [0.3, 0.4) is 0 Å². The number of pyridine rings is 1. The van der Waals surface area contributed by atoms with Crippen LogP contribution in [0.15, 0.2) is 18.2 Å². The standard InChI is InChI=1S/C19H26ClN5O3S/c1-4-11-29(27,28)24-9-7-15(8-10-24)21-19(26)18-16(20)5-6-17(22-18)25-14(3)12-13(2)23-25/h5-6,12,15H,4,7-11H2,1-3H3,(H,21,26). The van der Waals surface area contributed by atoms with E-state index in [4.69, 9.17) is 11.6 Å². The van der Waals surface area contributed by atoms with Crippen molar-refractivity contribution in [2.75, 3.05) is 18.8 Å². The van der Waals surface area contributed by atoms with Gasteiger partial charge in [0, 0.05) is 24.8 Å². The second-order valence-electron chi connectivity index (χ2n) is 7.30. The van der Waals surface area contributed by atoms with Gasteiger partial charge in [-0.2, -0.15) is 5.10 Å². The maximum absolute atomic E-state index is 12.8. The van der Waals surface area contributed by atoms with Crippen LogP contribution in [-0.4, -0.2) is 58.3 Å². The molecule has 0 unspecified atom stereocenters. The van der Waals surface area contributed by atoms with Crippen LogP contribution >= 0.6 is 11.6 Å². The van der Waals surface area contributed by atoms with Gasteiger partial charge in [0.25, 0.3) is 5.91 Å². The van der Waals surface area contributed by atoms with Gasteiger partial charge in [-0.25, -0.2) is 22.4 Å². The minimum atomic E-state index is -3.21. The number of carbonyl (C=O) groups excluding carboxylic acids is 1. The summed E-state index contributed by atoms with van der Waals surface area (Å²) in [5.74, 6) is 0.307. The summed E-state index contributed by atoms with van der Waals surface area (Å²) in [5, 5.41) is 7.59. The van der Waals surface area contributed by atoms with E-state index in [1.165, 1.54) is 4.31 Å². The second-order valence-corrected chi connectivity index (χ2v) is 9.80. The lowest BCUT2D eigenvalue weighted by Crippen LogP contribution is -2.47. The molecule has 1 amide bonds. The third-order valence-corrected chi connectivity index (χ3v) is 7.30. The van der Waals surface area contributed by atoms with Gasteiger partial charge in [0.1, 0.15) is 5.69 Å². The first-order valence-corrected chi connectivity index (χ1v) is 11.7. The van der Waals surface area contributed by atoms with Crippen LogP contribution in [0.5, 0.6) is 0 Å². The van der Waals surface area contributed by atoms with Crippen molar-refractivity contribution < 1.29 is 13.2 Å². The normalized spacial score (nSPS) is 16.1. The van der Waals surface area contributed by atoms with E-state index in [0.717, 1.165) is 11.4 Å². The van der Waals surface area contributed by atoms with Gasteiger partial charge in [0.2, 0.25) is 10.0 Å². The van der Waals surface area contributed by atoms with Crippen LogP contribution in [0.2, 0.25) is 5.02 Å². The van der Waals surface area contributed by atoms with Crippen LogP contribution in [0, 0.1) is 13.8 Å². The van der Waals surface area contributed by atoms with Crippen molar-refractivity contribution in [3.05, 3.63) is 40.3 Å². The van der Waals surface area contributed by atoms with Crippen molar-refractivity contribution in [3.8, 4) is 5.82 Å². The molecule has 3 rings (SSSR count). The molecule has 2 aromatic rings. The molecule has 1 saturated heterocycles. The van der Waals surface area contributed by atoms with Gasteiger partial charge in [0.05, 0.1) is 16.5 Å². The number of aryl methyl sites for hydroxylation is 2. The fourth-order valence-electron chi connectivity index (χ4n) is 3.49. The highest BCUT2D eigenvalue weighted by Gasteiger charge is 2.28. The molecule has 0 aromatic carbocycles. The van der Waals surface area contributed by atoms with Crippen LogP contribution in [0.4, 0.5) is 0 Å². The minimum Gasteiger partial charge on any atom is -0.348 e. The fraction of sp³-hybridized carbons (Fsp3) is 0.526. The third kappa shape index (κ3) is 4.96. The number of sulfonamides is 1. The molecule has 0 radical (unpaired) electrons. The summed E-state index contributed by atoms with van der Waals surface area (Å²) < 4.78 is 27.5. The lowest BCUT2D eigenvalue weighted by Gasteiger charge is -2.31. The summed E-state index contributed by atoms with van der Waals surface area (Å²) in [6.07, 6.45) is 1.71. The molecule has 10 heteroatoms. The van der Waals surface area contributed by atoms with E-state index in [9.17, 15) is 13.2 Å². The smallest absolute Gasteiger partial charge is 0.271 e. The Labute approximate surface area is 176 Å². The van der Waals surface area contributed by atoms with E-state index in [2.05, 4.69) is 15.4 Å². The molecule has 29 heavy (non-hydrogen) atoms. The first-order valence-electron chi connectivity index (χ1n) is 9.70. The highest BCUT2D eigenvalue weighted by Crippen LogP contribution is 2.20. The molecule has 1 aliphatic heterocycles. The Bertz CT molecular complexity index is 997. The lowest BCUT2D eigenvalue weighted by atomic mass is 10.1. The summed E-state index contributed by atoms with van der Waals surface area (Å²) in [7, 11) is -3.21. The molecule has 158 valence electrons. The molecule has 0 saturated carbocycles. The predicted molar refractivity (Wildman–Crippen MR) is 112 cm³/mol.